The third kappa shape index (κ3) is 7.36. The number of hydrogen-bond donors (Lipinski definition) is 1. The Morgan fingerprint density at radius 3 is 2.35 bits per heavy atom. The predicted octanol–water partition coefficient (Wildman–Crippen LogP) is 1.81. The van der Waals surface area contributed by atoms with E-state index in [1.54, 1.807) is 20.8 Å². The van der Waals surface area contributed by atoms with Crippen LogP contribution in [0.2, 0.25) is 0 Å². The van der Waals surface area contributed by atoms with Crippen LogP contribution in [0.25, 0.3) is 0 Å². The van der Waals surface area contributed by atoms with E-state index < -0.39 is 28.0 Å². The van der Waals surface area contributed by atoms with Gasteiger partial charge in [0.25, 0.3) is 0 Å². The maximum atomic E-state index is 12.9. The number of ether oxygens (including phenoxy) is 2. The molecule has 0 aliphatic carbocycles. The summed E-state index contributed by atoms with van der Waals surface area (Å²) in [5.74, 6) is -1.58. The van der Waals surface area contributed by atoms with Crippen LogP contribution in [-0.4, -0.2) is 39.6 Å². The molecular formula is C16H22FNO7S. The lowest BCUT2D eigenvalue weighted by Crippen LogP contribution is -2.31. The van der Waals surface area contributed by atoms with Crippen LogP contribution in [0.15, 0.2) is 12.1 Å². The van der Waals surface area contributed by atoms with Gasteiger partial charge in [0, 0.05) is 6.54 Å². The number of methoxy groups -OCH3 is 1. The van der Waals surface area contributed by atoms with E-state index in [2.05, 4.69) is 14.2 Å². The van der Waals surface area contributed by atoms with Crippen molar-refractivity contribution in [3.05, 3.63) is 28.8 Å². The van der Waals surface area contributed by atoms with Gasteiger partial charge in [-0.15, -0.1) is 0 Å². The largest absolute Gasteiger partial charge is 0.488 e. The summed E-state index contributed by atoms with van der Waals surface area (Å²) in [6.07, 6.45) is 0. The van der Waals surface area contributed by atoms with E-state index in [9.17, 15) is 21.9 Å². The molecular weight excluding hydrogens is 369 g/mol. The van der Waals surface area contributed by atoms with Gasteiger partial charge in [-0.1, -0.05) is 3.89 Å². The standard InChI is InChI=1S/C16H22FNO7S/c1-10-12(8-18-9-14(19)24-16(2,3)4)6-11(15(20)23-5)7-13(10)25-26(17,21)22/h6-7,18H,8-9H2,1-5H3. The maximum absolute atomic E-state index is 12.9. The average Bonchev–Trinajstić information content (AvgIpc) is 2.46. The van der Waals surface area contributed by atoms with Gasteiger partial charge in [0.05, 0.1) is 19.2 Å². The number of rotatable bonds is 7. The Morgan fingerprint density at radius 1 is 1.23 bits per heavy atom. The van der Waals surface area contributed by atoms with Crippen molar-refractivity contribution in [1.29, 1.82) is 0 Å². The van der Waals surface area contributed by atoms with E-state index in [4.69, 9.17) is 4.74 Å². The molecule has 26 heavy (non-hydrogen) atoms. The summed E-state index contributed by atoms with van der Waals surface area (Å²) in [6, 6.07) is 2.50. The van der Waals surface area contributed by atoms with E-state index in [-0.39, 0.29) is 30.0 Å². The first-order valence-corrected chi connectivity index (χ1v) is 8.91. The number of nitrogens with one attached hydrogen (secondary N) is 1. The number of carbonyl (C=O) groups excluding carboxylic acids is 2. The number of esters is 2. The highest BCUT2D eigenvalue weighted by atomic mass is 32.3. The summed E-state index contributed by atoms with van der Waals surface area (Å²) in [6.45, 7) is 6.66. The topological polar surface area (TPSA) is 108 Å². The molecule has 0 bridgehead atoms. The molecule has 1 aromatic rings. The molecule has 0 unspecified atom stereocenters. The Bertz CT molecular complexity index is 785. The molecule has 0 heterocycles. The van der Waals surface area contributed by atoms with Gasteiger partial charge >= 0.3 is 22.4 Å². The summed E-state index contributed by atoms with van der Waals surface area (Å²) in [7, 11) is -4.12. The van der Waals surface area contributed by atoms with Gasteiger partial charge in [0.15, 0.2) is 0 Å². The lowest BCUT2D eigenvalue weighted by atomic mass is 10.0. The summed E-state index contributed by atoms with van der Waals surface area (Å²) < 4.78 is 48.4. The quantitative estimate of drug-likeness (QED) is 0.554. The molecule has 10 heteroatoms. The smallest absolute Gasteiger partial charge is 0.465 e. The molecule has 8 nitrogen and oxygen atoms in total. The molecule has 0 amide bonds. The van der Waals surface area contributed by atoms with Crippen molar-refractivity contribution in [3.8, 4) is 5.75 Å². The minimum absolute atomic E-state index is 0.0224. The van der Waals surface area contributed by atoms with E-state index in [1.165, 1.54) is 13.0 Å². The molecule has 0 aliphatic rings. The highest BCUT2D eigenvalue weighted by molar-refractivity contribution is 7.81. The zero-order valence-corrected chi connectivity index (χ0v) is 16.0. The average molecular weight is 391 g/mol. The fourth-order valence-corrected chi connectivity index (χ4v) is 2.42. The highest BCUT2D eigenvalue weighted by Gasteiger charge is 2.19. The predicted molar refractivity (Wildman–Crippen MR) is 90.7 cm³/mol. The van der Waals surface area contributed by atoms with Crippen LogP contribution < -0.4 is 9.50 Å². The van der Waals surface area contributed by atoms with E-state index in [0.29, 0.717) is 5.56 Å². The van der Waals surface area contributed by atoms with Gasteiger partial charge in [-0.2, -0.15) is 8.42 Å². The van der Waals surface area contributed by atoms with Crippen molar-refractivity contribution in [1.82, 2.24) is 5.32 Å². The summed E-state index contributed by atoms with van der Waals surface area (Å²) in [5.41, 5.74) is 0.0622. The number of carbonyl (C=O) groups is 2. The molecule has 0 spiro atoms. The molecule has 0 aromatic heterocycles. The first-order chi connectivity index (χ1) is 11.8. The minimum atomic E-state index is -5.27. The third-order valence-corrected chi connectivity index (χ3v) is 3.46. The van der Waals surface area contributed by atoms with Gasteiger partial charge in [-0.3, -0.25) is 4.79 Å². The van der Waals surface area contributed by atoms with Crippen molar-refractivity contribution in [2.24, 2.45) is 0 Å². The zero-order chi connectivity index (χ0) is 20.1. The van der Waals surface area contributed by atoms with Crippen LogP contribution in [0.1, 0.15) is 42.3 Å². The second-order valence-electron chi connectivity index (χ2n) is 6.42. The fraction of sp³-hybridized carbons (Fsp3) is 0.500. The zero-order valence-electron chi connectivity index (χ0n) is 15.2. The lowest BCUT2D eigenvalue weighted by Gasteiger charge is -2.19. The molecule has 0 saturated heterocycles. The van der Waals surface area contributed by atoms with Crippen molar-refractivity contribution in [2.75, 3.05) is 13.7 Å². The summed E-state index contributed by atoms with van der Waals surface area (Å²) in [5, 5.41) is 2.81. The van der Waals surface area contributed by atoms with Crippen LogP contribution in [0.5, 0.6) is 5.75 Å². The van der Waals surface area contributed by atoms with Crippen LogP contribution in [0, 0.1) is 6.92 Å². The Hall–Kier alpha value is -2.20. The summed E-state index contributed by atoms with van der Waals surface area (Å²) in [4.78, 5) is 23.4. The van der Waals surface area contributed by atoms with E-state index in [1.807, 2.05) is 0 Å². The Labute approximate surface area is 152 Å². The molecule has 1 aromatic carbocycles. The van der Waals surface area contributed by atoms with Crippen LogP contribution >= 0.6 is 0 Å². The van der Waals surface area contributed by atoms with Gasteiger partial charge < -0.3 is 19.0 Å². The van der Waals surface area contributed by atoms with Gasteiger partial charge in [-0.25, -0.2) is 4.79 Å². The maximum Gasteiger partial charge on any atom is 0.488 e. The van der Waals surface area contributed by atoms with Crippen LogP contribution in [-0.2, 0) is 31.3 Å². The minimum Gasteiger partial charge on any atom is -0.465 e. The Kier molecular flexibility index (Phi) is 7.10. The van der Waals surface area contributed by atoms with Crippen LogP contribution in [0.3, 0.4) is 0 Å². The number of halogens is 1. The van der Waals surface area contributed by atoms with Crippen LogP contribution in [0.4, 0.5) is 3.89 Å². The van der Waals surface area contributed by atoms with Crippen molar-refractivity contribution in [2.45, 2.75) is 39.8 Å². The third-order valence-electron chi connectivity index (χ3n) is 3.08. The molecule has 1 N–H and O–H groups in total. The number of hydrogen-bond acceptors (Lipinski definition) is 8. The molecule has 146 valence electrons. The SMILES string of the molecule is COC(=O)c1cc(CNCC(=O)OC(C)(C)C)c(C)c(OS(=O)(=O)F)c1. The molecule has 0 fully saturated rings. The Balaban J connectivity index is 3.00. The van der Waals surface area contributed by atoms with Crippen molar-refractivity contribution in [3.63, 3.8) is 0 Å². The van der Waals surface area contributed by atoms with Crippen molar-refractivity contribution < 1.29 is 35.5 Å². The molecule has 0 saturated carbocycles. The van der Waals surface area contributed by atoms with Crippen molar-refractivity contribution >= 4 is 22.4 Å². The highest BCUT2D eigenvalue weighted by Crippen LogP contribution is 2.26. The van der Waals surface area contributed by atoms with Gasteiger partial charge in [0.1, 0.15) is 11.4 Å². The first kappa shape index (κ1) is 21.8. The van der Waals surface area contributed by atoms with Gasteiger partial charge in [0.2, 0.25) is 0 Å². The first-order valence-electron chi connectivity index (χ1n) is 7.61. The molecule has 0 radical (unpaired) electrons. The normalized spacial score (nSPS) is 11.8. The van der Waals surface area contributed by atoms with E-state index >= 15 is 0 Å². The molecule has 1 rings (SSSR count). The second-order valence-corrected chi connectivity index (χ2v) is 7.37. The van der Waals surface area contributed by atoms with E-state index in [0.717, 1.165) is 13.2 Å². The fourth-order valence-electron chi connectivity index (χ4n) is 2.04. The molecule has 0 aliphatic heterocycles. The second kappa shape index (κ2) is 8.45. The lowest BCUT2D eigenvalue weighted by molar-refractivity contribution is -0.153. The number of benzene rings is 1. The monoisotopic (exact) mass is 391 g/mol. The molecule has 0 atom stereocenters. The van der Waals surface area contributed by atoms with Gasteiger partial charge in [-0.05, 0) is 51.0 Å². The Morgan fingerprint density at radius 2 is 1.85 bits per heavy atom. The summed E-state index contributed by atoms with van der Waals surface area (Å²) >= 11 is 0.